The van der Waals surface area contributed by atoms with E-state index >= 15 is 0 Å². The Hall–Kier alpha value is -3.18. The first-order chi connectivity index (χ1) is 30.6. The molecule has 0 aliphatic rings. The molecule has 0 spiro atoms. The molecule has 5 nitrogen and oxygen atoms in total. The summed E-state index contributed by atoms with van der Waals surface area (Å²) in [4.78, 5) is 25.4. The molecule has 0 aliphatic carbocycles. The Morgan fingerprint density at radius 1 is 0.371 bits per heavy atom. The average Bonchev–Trinajstić information content (AvgIpc) is 3.27. The molecule has 0 rings (SSSR count). The summed E-state index contributed by atoms with van der Waals surface area (Å²) in [5.41, 5.74) is 0. The van der Waals surface area contributed by atoms with Gasteiger partial charge in [-0.05, 0) is 116 Å². The topological polar surface area (TPSA) is 61.8 Å². The molecule has 0 N–H and O–H groups in total. The fourth-order valence-electron chi connectivity index (χ4n) is 6.80. The molecule has 0 aromatic carbocycles. The Bertz CT molecular complexity index is 1200. The van der Waals surface area contributed by atoms with Gasteiger partial charge in [-0.1, -0.05) is 195 Å². The number of esters is 2. The number of carbonyl (C=O) groups is 2. The molecule has 1 atom stereocenters. The highest BCUT2D eigenvalue weighted by Crippen LogP contribution is 2.13. The van der Waals surface area contributed by atoms with E-state index < -0.39 is 6.10 Å². The molecule has 0 amide bonds. The highest BCUT2D eigenvalue weighted by molar-refractivity contribution is 5.70. The van der Waals surface area contributed by atoms with Crippen molar-refractivity contribution in [1.29, 1.82) is 0 Å². The van der Waals surface area contributed by atoms with Crippen LogP contribution in [0.4, 0.5) is 0 Å². The van der Waals surface area contributed by atoms with Gasteiger partial charge in [-0.3, -0.25) is 9.59 Å². The van der Waals surface area contributed by atoms with Gasteiger partial charge in [0.25, 0.3) is 0 Å². The van der Waals surface area contributed by atoms with Gasteiger partial charge in [-0.2, -0.15) is 0 Å². The van der Waals surface area contributed by atoms with Gasteiger partial charge in [0.15, 0.2) is 6.10 Å². The molecule has 0 aliphatic heterocycles. The number of ether oxygens (including phenoxy) is 3. The third-order valence-electron chi connectivity index (χ3n) is 10.6. The Morgan fingerprint density at radius 3 is 1.18 bits per heavy atom. The fourth-order valence-corrected chi connectivity index (χ4v) is 6.80. The Kier molecular flexibility index (Phi) is 49.5. The van der Waals surface area contributed by atoms with Crippen molar-refractivity contribution >= 4 is 11.9 Å². The van der Waals surface area contributed by atoms with E-state index in [0.717, 1.165) is 116 Å². The van der Waals surface area contributed by atoms with Crippen molar-refractivity contribution in [3.8, 4) is 0 Å². The maximum atomic E-state index is 12.8. The summed E-state index contributed by atoms with van der Waals surface area (Å²) >= 11 is 0. The van der Waals surface area contributed by atoms with Crippen molar-refractivity contribution in [3.05, 3.63) is 97.2 Å². The average molecular weight is 861 g/mol. The maximum Gasteiger partial charge on any atom is 0.306 e. The minimum absolute atomic E-state index is 0.0583. The summed E-state index contributed by atoms with van der Waals surface area (Å²) in [5.74, 6) is -0.450. The van der Waals surface area contributed by atoms with Crippen LogP contribution in [-0.2, 0) is 23.8 Å². The highest BCUT2D eigenvalue weighted by Gasteiger charge is 2.17. The van der Waals surface area contributed by atoms with Crippen molar-refractivity contribution in [3.63, 3.8) is 0 Å². The van der Waals surface area contributed by atoms with Gasteiger partial charge in [-0.15, -0.1) is 0 Å². The van der Waals surface area contributed by atoms with Crippen LogP contribution in [0.25, 0.3) is 0 Å². The zero-order valence-electron chi connectivity index (χ0n) is 40.6. The summed E-state index contributed by atoms with van der Waals surface area (Å²) in [5, 5.41) is 0. The summed E-state index contributed by atoms with van der Waals surface area (Å²) in [6.07, 6.45) is 69.8. The molecule has 0 bridgehead atoms. The lowest BCUT2D eigenvalue weighted by molar-refractivity contribution is -0.163. The number of hydrogen-bond donors (Lipinski definition) is 0. The summed E-state index contributed by atoms with van der Waals surface area (Å²) in [7, 11) is 0. The number of carbonyl (C=O) groups excluding carboxylic acids is 2. The summed E-state index contributed by atoms with van der Waals surface area (Å²) in [6, 6.07) is 0. The summed E-state index contributed by atoms with van der Waals surface area (Å²) < 4.78 is 17.4. The first-order valence-corrected chi connectivity index (χ1v) is 25.8. The quantitative estimate of drug-likeness (QED) is 0.0347. The second kappa shape index (κ2) is 52.2. The van der Waals surface area contributed by atoms with Crippen LogP contribution >= 0.6 is 0 Å². The molecule has 1 unspecified atom stereocenters. The molecule has 62 heavy (non-hydrogen) atoms. The molecule has 0 aromatic heterocycles. The molecule has 0 saturated heterocycles. The highest BCUT2D eigenvalue weighted by atomic mass is 16.6. The van der Waals surface area contributed by atoms with Crippen LogP contribution in [0.15, 0.2) is 97.2 Å². The first-order valence-electron chi connectivity index (χ1n) is 25.8. The summed E-state index contributed by atoms with van der Waals surface area (Å²) in [6.45, 7) is 7.53. The zero-order valence-corrected chi connectivity index (χ0v) is 40.6. The number of hydrogen-bond acceptors (Lipinski definition) is 5. The molecule has 0 heterocycles. The van der Waals surface area contributed by atoms with Gasteiger partial charge >= 0.3 is 11.9 Å². The van der Waals surface area contributed by atoms with E-state index in [1.165, 1.54) is 77.0 Å². The van der Waals surface area contributed by atoms with Crippen LogP contribution in [0, 0.1) is 0 Å². The molecule has 0 fully saturated rings. The van der Waals surface area contributed by atoms with Gasteiger partial charge in [0.1, 0.15) is 6.61 Å². The second-order valence-corrected chi connectivity index (χ2v) is 16.7. The molecule has 0 saturated carbocycles. The molecular formula is C57H96O5. The minimum Gasteiger partial charge on any atom is -0.462 e. The zero-order chi connectivity index (χ0) is 44.9. The lowest BCUT2D eigenvalue weighted by Gasteiger charge is -2.18. The van der Waals surface area contributed by atoms with Gasteiger partial charge in [0.2, 0.25) is 0 Å². The monoisotopic (exact) mass is 861 g/mol. The SMILES string of the molecule is CC/C=C\C/C=C\C/C=C\C/C=C\CCCCCCC(=O)OCC(COCCCCCCCC/C=C\CCCCCC)OC(=O)CCCCCCC/C=C\C/C=C\C/C=C\CC. The third kappa shape index (κ3) is 49.5. The molecule has 0 aromatic rings. The number of unbranched alkanes of at least 4 members (excludes halogenated alkanes) is 19. The van der Waals surface area contributed by atoms with Crippen molar-refractivity contribution in [2.75, 3.05) is 19.8 Å². The van der Waals surface area contributed by atoms with Gasteiger partial charge < -0.3 is 14.2 Å². The van der Waals surface area contributed by atoms with Gasteiger partial charge in [0, 0.05) is 19.4 Å². The predicted molar refractivity (Wildman–Crippen MR) is 270 cm³/mol. The number of allylic oxidation sites excluding steroid dienone is 16. The van der Waals surface area contributed by atoms with E-state index in [2.05, 4.69) is 118 Å². The van der Waals surface area contributed by atoms with Crippen molar-refractivity contribution < 1.29 is 23.8 Å². The molecule has 354 valence electrons. The third-order valence-corrected chi connectivity index (χ3v) is 10.6. The van der Waals surface area contributed by atoms with E-state index in [0.29, 0.717) is 19.4 Å². The van der Waals surface area contributed by atoms with E-state index in [4.69, 9.17) is 14.2 Å². The Morgan fingerprint density at radius 2 is 0.726 bits per heavy atom. The van der Waals surface area contributed by atoms with Crippen molar-refractivity contribution in [1.82, 2.24) is 0 Å². The molecule has 5 heteroatoms. The Balaban J connectivity index is 4.37. The lowest BCUT2D eigenvalue weighted by atomic mass is 10.1. The number of rotatable bonds is 46. The van der Waals surface area contributed by atoms with Crippen LogP contribution in [-0.4, -0.2) is 37.9 Å². The molecule has 0 radical (unpaired) electrons. The van der Waals surface area contributed by atoms with E-state index in [9.17, 15) is 9.59 Å². The van der Waals surface area contributed by atoms with Crippen LogP contribution in [0.2, 0.25) is 0 Å². The van der Waals surface area contributed by atoms with Crippen LogP contribution in [0.3, 0.4) is 0 Å². The van der Waals surface area contributed by atoms with Crippen LogP contribution < -0.4 is 0 Å². The first kappa shape index (κ1) is 58.8. The van der Waals surface area contributed by atoms with E-state index in [-0.39, 0.29) is 25.2 Å². The van der Waals surface area contributed by atoms with Crippen molar-refractivity contribution in [2.24, 2.45) is 0 Å². The van der Waals surface area contributed by atoms with Crippen LogP contribution in [0.1, 0.15) is 226 Å². The van der Waals surface area contributed by atoms with Crippen LogP contribution in [0.5, 0.6) is 0 Å². The normalized spacial score (nSPS) is 13.0. The predicted octanol–water partition coefficient (Wildman–Crippen LogP) is 17.5. The van der Waals surface area contributed by atoms with Gasteiger partial charge in [0.05, 0.1) is 6.61 Å². The largest absolute Gasteiger partial charge is 0.462 e. The minimum atomic E-state index is -0.563. The maximum absolute atomic E-state index is 12.8. The lowest BCUT2D eigenvalue weighted by Crippen LogP contribution is -2.30. The van der Waals surface area contributed by atoms with E-state index in [1.54, 1.807) is 0 Å². The van der Waals surface area contributed by atoms with Gasteiger partial charge in [-0.25, -0.2) is 0 Å². The standard InChI is InChI=1S/C57H96O5/c1-4-7-10-13-16-19-22-25-28-29-31-32-35-38-41-44-47-50-56(58)61-54-55(53-60-52-49-46-43-40-37-34-27-24-21-18-15-12-9-6-3)62-57(59)51-48-45-42-39-36-33-30-26-23-20-17-14-11-8-5-2/h7-8,10-11,16-17,19-21,24-26,28,30-32,55H,4-6,9,12-15,18,22-23,27,29,33-54H2,1-3H3/b10-7-,11-8-,19-16-,20-17-,24-21-,28-25-,30-26-,32-31-. The second-order valence-electron chi connectivity index (χ2n) is 16.7. The van der Waals surface area contributed by atoms with E-state index in [1.807, 2.05) is 0 Å². The Labute approximate surface area is 383 Å². The molecular weight excluding hydrogens is 765 g/mol. The van der Waals surface area contributed by atoms with Crippen molar-refractivity contribution in [2.45, 2.75) is 232 Å². The fraction of sp³-hybridized carbons (Fsp3) is 0.684. The smallest absolute Gasteiger partial charge is 0.306 e.